The average Bonchev–Trinajstić information content (AvgIpc) is 2.63. The van der Waals surface area contributed by atoms with Gasteiger partial charge >= 0.3 is 0 Å². The van der Waals surface area contributed by atoms with Crippen molar-refractivity contribution in [2.45, 2.75) is 6.42 Å². The molecule has 0 bridgehead atoms. The third-order valence-electron chi connectivity index (χ3n) is 3.68. The summed E-state index contributed by atoms with van der Waals surface area (Å²) in [5.74, 6) is -0.807. The Kier molecular flexibility index (Phi) is 7.21. The number of amides is 3. The zero-order valence-electron chi connectivity index (χ0n) is 14.9. The molecule has 0 fully saturated rings. The highest BCUT2D eigenvalue weighted by molar-refractivity contribution is 6.42. The van der Waals surface area contributed by atoms with Gasteiger partial charge in [-0.05, 0) is 35.9 Å². The van der Waals surface area contributed by atoms with E-state index in [1.165, 1.54) is 23.1 Å². The van der Waals surface area contributed by atoms with Gasteiger partial charge in [0.15, 0.2) is 0 Å². The third-order valence-corrected chi connectivity index (χ3v) is 4.42. The molecule has 0 heterocycles. The number of halogens is 2. The fourth-order valence-electron chi connectivity index (χ4n) is 2.14. The number of anilines is 1. The molecule has 0 saturated heterocycles. The van der Waals surface area contributed by atoms with Gasteiger partial charge in [0, 0.05) is 25.3 Å². The third kappa shape index (κ3) is 6.27. The van der Waals surface area contributed by atoms with Gasteiger partial charge in [0.2, 0.25) is 11.8 Å². The number of benzene rings is 2. The summed E-state index contributed by atoms with van der Waals surface area (Å²) in [7, 11) is 3.40. The molecule has 8 heteroatoms. The van der Waals surface area contributed by atoms with Crippen molar-refractivity contribution in [1.82, 2.24) is 10.2 Å². The highest BCUT2D eigenvalue weighted by Gasteiger charge is 2.10. The van der Waals surface area contributed by atoms with E-state index >= 15 is 0 Å². The number of carbonyl (C=O) groups excluding carboxylic acids is 3. The van der Waals surface area contributed by atoms with Crippen molar-refractivity contribution in [1.29, 1.82) is 0 Å². The second-order valence-electron chi connectivity index (χ2n) is 6.02. The minimum absolute atomic E-state index is 0.00296. The number of hydrogen-bond acceptors (Lipinski definition) is 3. The predicted molar refractivity (Wildman–Crippen MR) is 106 cm³/mol. The summed E-state index contributed by atoms with van der Waals surface area (Å²) in [6.07, 6.45) is 0.293. The summed E-state index contributed by atoms with van der Waals surface area (Å²) in [6, 6.07) is 11.4. The predicted octanol–water partition coefficient (Wildman–Crippen LogP) is 2.99. The van der Waals surface area contributed by atoms with Gasteiger partial charge in [0.25, 0.3) is 5.91 Å². The molecule has 0 aliphatic carbocycles. The number of carbonyl (C=O) groups is 3. The van der Waals surface area contributed by atoms with Gasteiger partial charge in [-0.25, -0.2) is 0 Å². The summed E-state index contributed by atoms with van der Waals surface area (Å²) in [4.78, 5) is 37.2. The normalized spacial score (nSPS) is 10.2. The summed E-state index contributed by atoms with van der Waals surface area (Å²) < 4.78 is 0. The van der Waals surface area contributed by atoms with E-state index in [2.05, 4.69) is 10.6 Å². The Morgan fingerprint density at radius 1 is 0.963 bits per heavy atom. The Labute approximate surface area is 167 Å². The number of hydrogen-bond donors (Lipinski definition) is 2. The molecule has 2 aromatic carbocycles. The van der Waals surface area contributed by atoms with E-state index in [0.717, 1.165) is 5.56 Å². The molecule has 142 valence electrons. The van der Waals surface area contributed by atoms with Crippen molar-refractivity contribution in [3.8, 4) is 0 Å². The fraction of sp³-hybridized carbons (Fsp3) is 0.211. The van der Waals surface area contributed by atoms with Crippen molar-refractivity contribution in [2.24, 2.45) is 0 Å². The Morgan fingerprint density at radius 2 is 1.63 bits per heavy atom. The van der Waals surface area contributed by atoms with Crippen molar-refractivity contribution < 1.29 is 14.4 Å². The highest BCUT2D eigenvalue weighted by Crippen LogP contribution is 2.22. The van der Waals surface area contributed by atoms with Crippen LogP contribution in [0.3, 0.4) is 0 Å². The second kappa shape index (κ2) is 9.39. The molecule has 0 aliphatic rings. The molecule has 0 saturated carbocycles. The van der Waals surface area contributed by atoms with Crippen molar-refractivity contribution >= 4 is 46.6 Å². The molecule has 0 radical (unpaired) electrons. The van der Waals surface area contributed by atoms with Gasteiger partial charge in [-0.2, -0.15) is 0 Å². The van der Waals surface area contributed by atoms with Gasteiger partial charge < -0.3 is 15.5 Å². The van der Waals surface area contributed by atoms with Crippen LogP contribution in [0.15, 0.2) is 42.5 Å². The molecule has 27 heavy (non-hydrogen) atoms. The summed E-state index contributed by atoms with van der Waals surface area (Å²) >= 11 is 11.7. The Morgan fingerprint density at radius 3 is 2.22 bits per heavy atom. The van der Waals surface area contributed by atoms with Crippen LogP contribution in [0.25, 0.3) is 0 Å². The SMILES string of the molecule is CN(C)C(=O)Cc1ccc(NC(=O)CNC(=O)c2ccc(Cl)c(Cl)c2)cc1. The number of nitrogens with one attached hydrogen (secondary N) is 2. The van der Waals surface area contributed by atoms with Crippen LogP contribution in [0.1, 0.15) is 15.9 Å². The van der Waals surface area contributed by atoms with Gasteiger partial charge in [-0.3, -0.25) is 14.4 Å². The Bertz CT molecular complexity index is 852. The van der Waals surface area contributed by atoms with Crippen LogP contribution in [0.2, 0.25) is 10.0 Å². The smallest absolute Gasteiger partial charge is 0.251 e. The van der Waals surface area contributed by atoms with E-state index in [0.29, 0.717) is 22.7 Å². The Hall–Kier alpha value is -2.57. The van der Waals surface area contributed by atoms with Crippen molar-refractivity contribution in [2.75, 3.05) is 26.0 Å². The number of rotatable bonds is 6. The number of likely N-dealkylation sites (N-methyl/N-ethyl adjacent to an activating group) is 1. The van der Waals surface area contributed by atoms with E-state index in [4.69, 9.17) is 23.2 Å². The van der Waals surface area contributed by atoms with E-state index < -0.39 is 5.91 Å². The monoisotopic (exact) mass is 407 g/mol. The van der Waals surface area contributed by atoms with E-state index in [1.54, 1.807) is 38.4 Å². The topological polar surface area (TPSA) is 78.5 Å². The first-order valence-corrected chi connectivity index (χ1v) is 8.84. The minimum atomic E-state index is -0.429. The van der Waals surface area contributed by atoms with Crippen LogP contribution in [0.4, 0.5) is 5.69 Å². The van der Waals surface area contributed by atoms with Crippen LogP contribution in [0.5, 0.6) is 0 Å². The van der Waals surface area contributed by atoms with Crippen LogP contribution < -0.4 is 10.6 Å². The zero-order chi connectivity index (χ0) is 20.0. The highest BCUT2D eigenvalue weighted by atomic mass is 35.5. The maximum atomic E-state index is 12.0. The van der Waals surface area contributed by atoms with Gasteiger partial charge in [0.05, 0.1) is 23.0 Å². The lowest BCUT2D eigenvalue weighted by Crippen LogP contribution is -2.32. The van der Waals surface area contributed by atoms with Crippen LogP contribution in [-0.4, -0.2) is 43.3 Å². The molecule has 2 N–H and O–H groups in total. The van der Waals surface area contributed by atoms with Crippen molar-refractivity contribution in [3.05, 3.63) is 63.6 Å². The molecule has 6 nitrogen and oxygen atoms in total. The molecule has 2 rings (SSSR count). The summed E-state index contributed by atoms with van der Waals surface area (Å²) in [5.41, 5.74) is 1.73. The summed E-state index contributed by atoms with van der Waals surface area (Å²) in [5, 5.41) is 5.80. The van der Waals surface area contributed by atoms with E-state index in [9.17, 15) is 14.4 Å². The standard InChI is InChI=1S/C19H19Cl2N3O3/c1-24(2)18(26)9-12-3-6-14(7-4-12)23-17(25)11-22-19(27)13-5-8-15(20)16(21)10-13/h3-8,10H,9,11H2,1-2H3,(H,22,27)(H,23,25). The van der Waals surface area contributed by atoms with E-state index in [1.807, 2.05) is 0 Å². The molecule has 0 unspecified atom stereocenters. The zero-order valence-corrected chi connectivity index (χ0v) is 16.4. The Balaban J connectivity index is 1.85. The van der Waals surface area contributed by atoms with Crippen LogP contribution >= 0.6 is 23.2 Å². The minimum Gasteiger partial charge on any atom is -0.349 e. The fourth-order valence-corrected chi connectivity index (χ4v) is 2.44. The molecular formula is C19H19Cl2N3O3. The van der Waals surface area contributed by atoms with Gasteiger partial charge in [-0.1, -0.05) is 35.3 Å². The molecule has 0 aliphatic heterocycles. The lowest BCUT2D eigenvalue weighted by molar-refractivity contribution is -0.128. The second-order valence-corrected chi connectivity index (χ2v) is 6.84. The maximum absolute atomic E-state index is 12.0. The molecule has 0 aromatic heterocycles. The van der Waals surface area contributed by atoms with Gasteiger partial charge in [-0.15, -0.1) is 0 Å². The lowest BCUT2D eigenvalue weighted by Gasteiger charge is -2.11. The molecule has 0 atom stereocenters. The van der Waals surface area contributed by atoms with Gasteiger partial charge in [0.1, 0.15) is 0 Å². The molecular weight excluding hydrogens is 389 g/mol. The lowest BCUT2D eigenvalue weighted by atomic mass is 10.1. The maximum Gasteiger partial charge on any atom is 0.251 e. The van der Waals surface area contributed by atoms with Crippen LogP contribution in [0, 0.1) is 0 Å². The largest absolute Gasteiger partial charge is 0.349 e. The van der Waals surface area contributed by atoms with Crippen molar-refractivity contribution in [3.63, 3.8) is 0 Å². The quantitative estimate of drug-likeness (QED) is 0.772. The first kappa shape index (κ1) is 20.7. The average molecular weight is 408 g/mol. The molecule has 3 amide bonds. The number of nitrogens with zero attached hydrogens (tertiary/aromatic N) is 1. The first-order valence-electron chi connectivity index (χ1n) is 8.08. The van der Waals surface area contributed by atoms with E-state index in [-0.39, 0.29) is 23.4 Å². The van der Waals surface area contributed by atoms with Crippen LogP contribution in [-0.2, 0) is 16.0 Å². The summed E-state index contributed by atoms with van der Waals surface area (Å²) in [6.45, 7) is -0.194. The first-order chi connectivity index (χ1) is 12.8. The molecule has 0 spiro atoms. The molecule has 2 aromatic rings.